The van der Waals surface area contributed by atoms with Gasteiger partial charge in [-0.15, -0.1) is 5.10 Å². The van der Waals surface area contributed by atoms with Crippen LogP contribution in [0.3, 0.4) is 0 Å². The Labute approximate surface area is 157 Å². The fourth-order valence-corrected chi connectivity index (χ4v) is 4.53. The van der Waals surface area contributed by atoms with Gasteiger partial charge in [0.15, 0.2) is 0 Å². The number of thioether (sulfide) groups is 1. The van der Waals surface area contributed by atoms with Crippen molar-refractivity contribution in [3.8, 4) is 0 Å². The van der Waals surface area contributed by atoms with Crippen molar-refractivity contribution in [1.82, 2.24) is 20.2 Å². The average molecular weight is 372 g/mol. The second-order valence-electron chi connectivity index (χ2n) is 6.89. The standard InChI is InChI=1S/C18H24N6OS/c25-17(13-26-18-20-21-22-24(18)14-7-1-2-8-14)19-15-9-3-4-10-16(15)23-11-5-6-12-23/h3-4,9-10,14H,1-2,5-8,11-13H2,(H,19,25). The number of amides is 1. The van der Waals surface area contributed by atoms with E-state index in [1.165, 1.54) is 37.4 Å². The van der Waals surface area contributed by atoms with E-state index in [2.05, 4.69) is 31.8 Å². The van der Waals surface area contributed by atoms with Gasteiger partial charge in [0, 0.05) is 13.1 Å². The van der Waals surface area contributed by atoms with E-state index < -0.39 is 0 Å². The van der Waals surface area contributed by atoms with Gasteiger partial charge >= 0.3 is 0 Å². The number of anilines is 2. The Bertz CT molecular complexity index is 752. The summed E-state index contributed by atoms with van der Waals surface area (Å²) in [5.74, 6) is 0.282. The van der Waals surface area contributed by atoms with Crippen molar-refractivity contribution in [3.05, 3.63) is 24.3 Å². The second kappa shape index (κ2) is 8.07. The van der Waals surface area contributed by atoms with Crippen molar-refractivity contribution in [2.45, 2.75) is 49.7 Å². The molecule has 138 valence electrons. The van der Waals surface area contributed by atoms with E-state index in [1.807, 2.05) is 22.9 Å². The molecule has 0 bridgehead atoms. The van der Waals surface area contributed by atoms with Gasteiger partial charge in [0.1, 0.15) is 0 Å². The minimum Gasteiger partial charge on any atom is -0.370 e. The summed E-state index contributed by atoms with van der Waals surface area (Å²) in [6.07, 6.45) is 7.11. The number of nitrogens with one attached hydrogen (secondary N) is 1. The lowest BCUT2D eigenvalue weighted by molar-refractivity contribution is -0.113. The quantitative estimate of drug-likeness (QED) is 0.785. The first-order valence-corrected chi connectivity index (χ1v) is 10.3. The highest BCUT2D eigenvalue weighted by Crippen LogP contribution is 2.32. The molecule has 1 N–H and O–H groups in total. The Morgan fingerprint density at radius 3 is 2.73 bits per heavy atom. The number of carbonyl (C=O) groups is 1. The fourth-order valence-electron chi connectivity index (χ4n) is 3.79. The van der Waals surface area contributed by atoms with Gasteiger partial charge in [0.2, 0.25) is 11.1 Å². The van der Waals surface area contributed by atoms with E-state index >= 15 is 0 Å². The molecule has 4 rings (SSSR count). The number of tetrazole rings is 1. The Kier molecular flexibility index (Phi) is 5.38. The van der Waals surface area contributed by atoms with Crippen LogP contribution in [-0.2, 0) is 4.79 Å². The number of para-hydroxylation sites is 2. The first-order valence-electron chi connectivity index (χ1n) is 9.36. The average Bonchev–Trinajstić information content (AvgIpc) is 3.42. The monoisotopic (exact) mass is 372 g/mol. The molecule has 0 spiro atoms. The molecular formula is C18H24N6OS. The number of aromatic nitrogens is 4. The lowest BCUT2D eigenvalue weighted by Crippen LogP contribution is -2.22. The van der Waals surface area contributed by atoms with Crippen molar-refractivity contribution >= 4 is 29.0 Å². The summed E-state index contributed by atoms with van der Waals surface area (Å²) in [6, 6.07) is 8.41. The van der Waals surface area contributed by atoms with Gasteiger partial charge in [-0.05, 0) is 48.2 Å². The molecule has 1 aromatic heterocycles. The number of nitrogens with zero attached hydrogens (tertiary/aromatic N) is 5. The zero-order valence-corrected chi connectivity index (χ0v) is 15.6. The van der Waals surface area contributed by atoms with Crippen LogP contribution in [0, 0.1) is 0 Å². The van der Waals surface area contributed by atoms with Gasteiger partial charge in [-0.25, -0.2) is 4.68 Å². The Morgan fingerprint density at radius 2 is 1.92 bits per heavy atom. The van der Waals surface area contributed by atoms with Crippen LogP contribution < -0.4 is 10.2 Å². The molecule has 0 atom stereocenters. The van der Waals surface area contributed by atoms with Crippen LogP contribution in [0.25, 0.3) is 0 Å². The molecule has 0 unspecified atom stereocenters. The van der Waals surface area contributed by atoms with Gasteiger partial charge in [-0.3, -0.25) is 4.79 Å². The molecule has 1 aliphatic carbocycles. The summed E-state index contributed by atoms with van der Waals surface area (Å²) >= 11 is 1.41. The molecule has 0 radical (unpaired) electrons. The molecule has 26 heavy (non-hydrogen) atoms. The van der Waals surface area contributed by atoms with Crippen LogP contribution in [-0.4, -0.2) is 45.0 Å². The number of hydrogen-bond donors (Lipinski definition) is 1. The Hall–Kier alpha value is -2.09. The molecule has 2 aliphatic rings. The largest absolute Gasteiger partial charge is 0.370 e. The first-order chi connectivity index (χ1) is 12.8. The van der Waals surface area contributed by atoms with Crippen molar-refractivity contribution in [2.75, 3.05) is 29.1 Å². The van der Waals surface area contributed by atoms with E-state index in [9.17, 15) is 4.79 Å². The molecule has 1 amide bonds. The molecule has 1 saturated heterocycles. The number of rotatable bonds is 6. The molecule has 2 heterocycles. The minimum absolute atomic E-state index is 0.0254. The molecule has 1 saturated carbocycles. The van der Waals surface area contributed by atoms with Crippen LogP contribution in [0.15, 0.2) is 29.4 Å². The van der Waals surface area contributed by atoms with Crippen molar-refractivity contribution in [2.24, 2.45) is 0 Å². The summed E-state index contributed by atoms with van der Waals surface area (Å²) in [6.45, 7) is 2.11. The van der Waals surface area contributed by atoms with E-state index in [0.717, 1.165) is 42.5 Å². The van der Waals surface area contributed by atoms with Gasteiger partial charge in [0.25, 0.3) is 0 Å². The third-order valence-corrected chi connectivity index (χ3v) is 6.02. The van der Waals surface area contributed by atoms with E-state index in [0.29, 0.717) is 11.8 Å². The summed E-state index contributed by atoms with van der Waals surface area (Å²) in [7, 11) is 0. The zero-order valence-electron chi connectivity index (χ0n) is 14.8. The topological polar surface area (TPSA) is 75.9 Å². The highest BCUT2D eigenvalue weighted by Gasteiger charge is 2.22. The maximum atomic E-state index is 12.5. The number of hydrogen-bond acceptors (Lipinski definition) is 6. The minimum atomic E-state index is -0.0254. The van der Waals surface area contributed by atoms with E-state index in [4.69, 9.17) is 0 Å². The predicted molar refractivity (Wildman–Crippen MR) is 103 cm³/mol. The molecule has 2 aromatic rings. The van der Waals surface area contributed by atoms with Crippen LogP contribution >= 0.6 is 11.8 Å². The second-order valence-corrected chi connectivity index (χ2v) is 7.83. The van der Waals surface area contributed by atoms with Crippen LogP contribution in [0.4, 0.5) is 11.4 Å². The lowest BCUT2D eigenvalue weighted by atomic mass is 10.2. The Morgan fingerprint density at radius 1 is 1.15 bits per heavy atom. The van der Waals surface area contributed by atoms with Crippen LogP contribution in [0.2, 0.25) is 0 Å². The fraction of sp³-hybridized carbons (Fsp3) is 0.556. The molecule has 7 nitrogen and oxygen atoms in total. The summed E-state index contributed by atoms with van der Waals surface area (Å²) in [5.41, 5.74) is 1.99. The summed E-state index contributed by atoms with van der Waals surface area (Å²) in [4.78, 5) is 14.8. The normalized spacial score (nSPS) is 17.8. The molecule has 1 aliphatic heterocycles. The first kappa shape index (κ1) is 17.3. The van der Waals surface area contributed by atoms with Crippen molar-refractivity contribution in [1.29, 1.82) is 0 Å². The lowest BCUT2D eigenvalue weighted by Gasteiger charge is -2.21. The van der Waals surface area contributed by atoms with Gasteiger partial charge in [0.05, 0.1) is 23.2 Å². The molecular weight excluding hydrogens is 348 g/mol. The molecule has 8 heteroatoms. The molecule has 1 aromatic carbocycles. The highest BCUT2D eigenvalue weighted by atomic mass is 32.2. The maximum Gasteiger partial charge on any atom is 0.234 e. The van der Waals surface area contributed by atoms with Crippen molar-refractivity contribution < 1.29 is 4.79 Å². The number of benzene rings is 1. The van der Waals surface area contributed by atoms with E-state index in [-0.39, 0.29) is 5.91 Å². The van der Waals surface area contributed by atoms with Gasteiger partial charge in [-0.1, -0.05) is 36.7 Å². The van der Waals surface area contributed by atoms with Gasteiger partial charge < -0.3 is 10.2 Å². The van der Waals surface area contributed by atoms with Crippen molar-refractivity contribution in [3.63, 3.8) is 0 Å². The zero-order chi connectivity index (χ0) is 17.8. The van der Waals surface area contributed by atoms with Crippen LogP contribution in [0.5, 0.6) is 0 Å². The molecule has 2 fully saturated rings. The van der Waals surface area contributed by atoms with Gasteiger partial charge in [-0.2, -0.15) is 0 Å². The maximum absolute atomic E-state index is 12.5. The third-order valence-electron chi connectivity index (χ3n) is 5.09. The van der Waals surface area contributed by atoms with Crippen LogP contribution in [0.1, 0.15) is 44.6 Å². The number of carbonyl (C=O) groups excluding carboxylic acids is 1. The summed E-state index contributed by atoms with van der Waals surface area (Å²) < 4.78 is 1.89. The SMILES string of the molecule is O=C(CSc1nnnn1C1CCCC1)Nc1ccccc1N1CCCC1. The highest BCUT2D eigenvalue weighted by molar-refractivity contribution is 7.99. The third kappa shape index (κ3) is 3.85. The smallest absolute Gasteiger partial charge is 0.234 e. The van der Waals surface area contributed by atoms with E-state index in [1.54, 1.807) is 0 Å². The predicted octanol–water partition coefficient (Wildman–Crippen LogP) is 3.12. The Balaban J connectivity index is 1.37. The summed E-state index contributed by atoms with van der Waals surface area (Å²) in [5, 5.41) is 15.8.